The zero-order valence-corrected chi connectivity index (χ0v) is 16.8. The highest BCUT2D eigenvalue weighted by molar-refractivity contribution is 5.99. The predicted molar refractivity (Wildman–Crippen MR) is 111 cm³/mol. The van der Waals surface area contributed by atoms with E-state index >= 15 is 0 Å². The maximum atomic E-state index is 11.6. The minimum absolute atomic E-state index is 0.215. The number of benzene rings is 1. The number of likely N-dealkylation sites (tertiary alicyclic amines) is 1. The van der Waals surface area contributed by atoms with Gasteiger partial charge in [0.15, 0.2) is 0 Å². The molecule has 1 amide bonds. The first-order valence-corrected chi connectivity index (χ1v) is 10.0. The second-order valence-electron chi connectivity index (χ2n) is 7.42. The van der Waals surface area contributed by atoms with Gasteiger partial charge in [0.25, 0.3) is 5.91 Å². The van der Waals surface area contributed by atoms with Crippen LogP contribution in [0, 0.1) is 0 Å². The maximum absolute atomic E-state index is 11.6. The van der Waals surface area contributed by atoms with E-state index in [1.165, 1.54) is 6.07 Å². The number of aliphatic hydroxyl groups is 4. The molecule has 2 rings (SSSR count). The first-order valence-electron chi connectivity index (χ1n) is 10.0. The molecule has 0 aliphatic carbocycles. The van der Waals surface area contributed by atoms with Gasteiger partial charge in [-0.3, -0.25) is 9.69 Å². The Morgan fingerprint density at radius 1 is 1.23 bits per heavy atom. The summed E-state index contributed by atoms with van der Waals surface area (Å²) in [7, 11) is 0. The largest absolute Gasteiger partial charge is 0.395 e. The van der Waals surface area contributed by atoms with Gasteiger partial charge in [0.2, 0.25) is 0 Å². The summed E-state index contributed by atoms with van der Waals surface area (Å²) in [6.07, 6.45) is 0.0493. The molecule has 11 heteroatoms. The number of nitrogens with zero attached hydrogens (tertiary/aromatic N) is 4. The number of carbonyl (C=O) groups excluding carboxylic acids is 1. The van der Waals surface area contributed by atoms with Crippen molar-refractivity contribution < 1.29 is 25.2 Å². The first-order chi connectivity index (χ1) is 14.4. The molecule has 166 valence electrons. The van der Waals surface area contributed by atoms with Gasteiger partial charge in [-0.25, -0.2) is 0 Å². The second kappa shape index (κ2) is 11.7. The summed E-state index contributed by atoms with van der Waals surface area (Å²) in [5.41, 5.74) is 15.0. The summed E-state index contributed by atoms with van der Waals surface area (Å²) in [6.45, 7) is 1.17. The number of aliphatic hydroxyl groups excluding tert-OH is 4. The third-order valence-electron chi connectivity index (χ3n) is 5.33. The van der Waals surface area contributed by atoms with Crippen LogP contribution < -0.4 is 11.1 Å². The molecule has 1 heterocycles. The zero-order valence-electron chi connectivity index (χ0n) is 16.8. The molecule has 0 saturated carbocycles. The topological polar surface area (TPSA) is 188 Å². The van der Waals surface area contributed by atoms with Gasteiger partial charge in [0.05, 0.1) is 24.3 Å². The van der Waals surface area contributed by atoms with Crippen LogP contribution >= 0.6 is 0 Å². The molecule has 1 fully saturated rings. The normalized spacial score (nSPS) is 24.3. The Balaban J connectivity index is 1.72. The predicted octanol–water partition coefficient (Wildman–Crippen LogP) is 0.459. The summed E-state index contributed by atoms with van der Waals surface area (Å²) in [4.78, 5) is 16.1. The second-order valence-corrected chi connectivity index (χ2v) is 7.42. The number of azide groups is 1. The number of nitrogens with two attached hydrogens (primary N) is 1. The van der Waals surface area contributed by atoms with Crippen LogP contribution in [0.15, 0.2) is 23.3 Å². The number of carbonyl (C=O) groups is 1. The number of piperidine rings is 1. The molecule has 1 aliphatic rings. The third kappa shape index (κ3) is 6.30. The summed E-state index contributed by atoms with van der Waals surface area (Å²) < 4.78 is 0. The molecule has 1 aromatic carbocycles. The van der Waals surface area contributed by atoms with Gasteiger partial charge in [-0.05, 0) is 37.1 Å². The van der Waals surface area contributed by atoms with Crippen molar-refractivity contribution in [1.82, 2.24) is 4.90 Å². The number of rotatable bonds is 11. The van der Waals surface area contributed by atoms with Crippen LogP contribution in [0.1, 0.15) is 36.0 Å². The van der Waals surface area contributed by atoms with Crippen molar-refractivity contribution >= 4 is 17.3 Å². The van der Waals surface area contributed by atoms with Crippen LogP contribution in [0.5, 0.6) is 0 Å². The lowest BCUT2D eigenvalue weighted by Gasteiger charge is -2.43. The van der Waals surface area contributed by atoms with Crippen LogP contribution in [-0.4, -0.2) is 81.8 Å². The number of hydrogen-bond donors (Lipinski definition) is 6. The zero-order chi connectivity index (χ0) is 22.1. The lowest BCUT2D eigenvalue weighted by Crippen LogP contribution is -2.62. The molecule has 4 atom stereocenters. The van der Waals surface area contributed by atoms with Gasteiger partial charge in [0, 0.05) is 29.4 Å². The molecular weight excluding hydrogens is 392 g/mol. The highest BCUT2D eigenvalue weighted by atomic mass is 16.4. The smallest absolute Gasteiger partial charge is 0.250 e. The Morgan fingerprint density at radius 2 is 1.97 bits per heavy atom. The summed E-state index contributed by atoms with van der Waals surface area (Å²) in [5.74, 6) is -0.609. The molecule has 0 bridgehead atoms. The first kappa shape index (κ1) is 23.9. The molecule has 1 aliphatic heterocycles. The lowest BCUT2D eigenvalue weighted by atomic mass is 9.94. The Labute approximate surface area is 174 Å². The van der Waals surface area contributed by atoms with Gasteiger partial charge < -0.3 is 31.5 Å². The van der Waals surface area contributed by atoms with Gasteiger partial charge in [-0.15, -0.1) is 0 Å². The fourth-order valence-electron chi connectivity index (χ4n) is 3.66. The quantitative estimate of drug-likeness (QED) is 0.129. The number of amides is 1. The van der Waals surface area contributed by atoms with Crippen LogP contribution in [0.2, 0.25) is 0 Å². The van der Waals surface area contributed by atoms with Crippen molar-refractivity contribution in [2.45, 2.75) is 50.0 Å². The molecule has 30 heavy (non-hydrogen) atoms. The monoisotopic (exact) mass is 422 g/mol. The summed E-state index contributed by atoms with van der Waals surface area (Å²) in [5, 5.41) is 45.6. The minimum Gasteiger partial charge on any atom is -0.395 e. The number of hydrogen-bond acceptors (Lipinski definition) is 8. The van der Waals surface area contributed by atoms with Crippen molar-refractivity contribution in [2.75, 3.05) is 31.6 Å². The van der Waals surface area contributed by atoms with E-state index in [1.807, 2.05) is 4.90 Å². The van der Waals surface area contributed by atoms with E-state index in [4.69, 9.17) is 11.3 Å². The van der Waals surface area contributed by atoms with Crippen LogP contribution in [0.4, 0.5) is 11.4 Å². The van der Waals surface area contributed by atoms with E-state index in [9.17, 15) is 25.2 Å². The number of anilines is 1. The van der Waals surface area contributed by atoms with E-state index in [0.717, 1.165) is 25.7 Å². The molecule has 0 unspecified atom stereocenters. The molecule has 0 aromatic heterocycles. The third-order valence-corrected chi connectivity index (χ3v) is 5.33. The van der Waals surface area contributed by atoms with E-state index in [1.54, 1.807) is 12.1 Å². The Kier molecular flexibility index (Phi) is 9.31. The number of primary amides is 1. The molecule has 1 saturated heterocycles. The molecular formula is C19H30N6O5. The number of β-amino-alcohol motifs (C(OH)–C–C–N with tert-alkyl or cyclic N) is 1. The molecule has 0 radical (unpaired) electrons. The number of nitrogens with one attached hydrogen (secondary N) is 1. The van der Waals surface area contributed by atoms with E-state index in [-0.39, 0.29) is 18.7 Å². The van der Waals surface area contributed by atoms with Gasteiger partial charge in [-0.1, -0.05) is 24.0 Å². The molecule has 7 N–H and O–H groups in total. The van der Waals surface area contributed by atoms with Gasteiger partial charge in [0.1, 0.15) is 12.2 Å². The van der Waals surface area contributed by atoms with Gasteiger partial charge >= 0.3 is 0 Å². The van der Waals surface area contributed by atoms with E-state index < -0.39 is 30.3 Å². The average Bonchev–Trinajstić information content (AvgIpc) is 2.72. The van der Waals surface area contributed by atoms with Crippen LogP contribution in [-0.2, 0) is 0 Å². The SMILES string of the molecule is [N-]=[N+]=Nc1ccc(NCCCCCCN2C[C@H](O)[C@@H](O)[C@H](O)[C@H]2CO)c(C(N)=O)c1. The van der Waals surface area contributed by atoms with E-state index in [2.05, 4.69) is 15.3 Å². The molecule has 11 nitrogen and oxygen atoms in total. The average molecular weight is 422 g/mol. The fraction of sp³-hybridized carbons (Fsp3) is 0.632. The van der Waals surface area contributed by atoms with Crippen molar-refractivity contribution in [3.8, 4) is 0 Å². The van der Waals surface area contributed by atoms with Crippen molar-refractivity contribution in [2.24, 2.45) is 10.8 Å². The van der Waals surface area contributed by atoms with Crippen LogP contribution in [0.25, 0.3) is 10.4 Å². The molecule has 0 spiro atoms. The molecule has 1 aromatic rings. The minimum atomic E-state index is -1.24. The van der Waals surface area contributed by atoms with Crippen molar-refractivity contribution in [3.63, 3.8) is 0 Å². The van der Waals surface area contributed by atoms with E-state index in [0.29, 0.717) is 24.5 Å². The van der Waals surface area contributed by atoms with Crippen LogP contribution in [0.3, 0.4) is 0 Å². The number of unbranched alkanes of at least 4 members (excludes halogenated alkanes) is 3. The highest BCUT2D eigenvalue weighted by Crippen LogP contribution is 2.23. The van der Waals surface area contributed by atoms with Crippen molar-refractivity contribution in [1.29, 1.82) is 0 Å². The summed E-state index contributed by atoms with van der Waals surface area (Å²) in [6, 6.07) is 4.12. The standard InChI is InChI=1S/C19H30N6O5/c20-19(30)13-9-12(23-24-21)5-6-14(13)22-7-3-1-2-4-8-25-10-16(27)18(29)17(28)15(25)11-26/h5-6,9,15-18,22,26-29H,1-4,7-8,10-11H2,(H2,20,30)/t15-,16+,17-,18-/m1/s1. The highest BCUT2D eigenvalue weighted by Gasteiger charge is 2.40. The Morgan fingerprint density at radius 3 is 2.63 bits per heavy atom. The fourth-order valence-corrected chi connectivity index (χ4v) is 3.66. The summed E-state index contributed by atoms with van der Waals surface area (Å²) >= 11 is 0. The Bertz CT molecular complexity index is 757. The maximum Gasteiger partial charge on any atom is 0.250 e. The van der Waals surface area contributed by atoms with Crippen molar-refractivity contribution in [3.05, 3.63) is 34.2 Å². The Hall–Kier alpha value is -2.40. The lowest BCUT2D eigenvalue weighted by molar-refractivity contribution is -0.145. The van der Waals surface area contributed by atoms with Gasteiger partial charge in [-0.2, -0.15) is 0 Å².